The Bertz CT molecular complexity index is 520. The highest BCUT2D eigenvalue weighted by molar-refractivity contribution is 6.00. The van der Waals surface area contributed by atoms with Crippen LogP contribution in [-0.2, 0) is 9.59 Å². The molecule has 0 saturated heterocycles. The number of hydrogen-bond acceptors (Lipinski definition) is 5. The molecular weight excluding hydrogens is 288 g/mol. The van der Waals surface area contributed by atoms with Crippen molar-refractivity contribution in [1.29, 1.82) is 0 Å². The summed E-state index contributed by atoms with van der Waals surface area (Å²) in [6.07, 6.45) is 1.48. The molecule has 0 aliphatic carbocycles. The van der Waals surface area contributed by atoms with Gasteiger partial charge in [0, 0.05) is 18.6 Å². The van der Waals surface area contributed by atoms with Crippen LogP contribution in [0.5, 0.6) is 17.2 Å². The normalized spacial score (nSPS) is 11.5. The Morgan fingerprint density at radius 3 is 2.14 bits per heavy atom. The first-order valence-electron chi connectivity index (χ1n) is 6.65. The second-order valence-electron chi connectivity index (χ2n) is 4.71. The van der Waals surface area contributed by atoms with Gasteiger partial charge in [-0.1, -0.05) is 6.92 Å². The van der Waals surface area contributed by atoms with Gasteiger partial charge in [0.05, 0.1) is 27.8 Å². The number of carbonyl (C=O) groups is 2. The molecule has 2 amide bonds. The molecule has 121 valence electrons. The first-order valence-corrected chi connectivity index (χ1v) is 6.65. The van der Waals surface area contributed by atoms with E-state index in [9.17, 15) is 9.59 Å². The first kappa shape index (κ1) is 17.6. The molecule has 0 heterocycles. The van der Waals surface area contributed by atoms with Gasteiger partial charge in [-0.25, -0.2) is 0 Å². The van der Waals surface area contributed by atoms with Crippen LogP contribution < -0.4 is 25.3 Å². The fourth-order valence-corrected chi connectivity index (χ4v) is 1.93. The van der Waals surface area contributed by atoms with E-state index in [-0.39, 0.29) is 18.2 Å². The number of methoxy groups -OCH3 is 3. The van der Waals surface area contributed by atoms with Gasteiger partial charge in [-0.05, 0) is 5.92 Å². The van der Waals surface area contributed by atoms with Gasteiger partial charge in [-0.2, -0.15) is 0 Å². The van der Waals surface area contributed by atoms with Crippen molar-refractivity contribution in [1.82, 2.24) is 0 Å². The minimum atomic E-state index is -0.462. The van der Waals surface area contributed by atoms with Crippen LogP contribution in [0, 0.1) is 12.3 Å². The van der Waals surface area contributed by atoms with Gasteiger partial charge in [0.15, 0.2) is 0 Å². The summed E-state index contributed by atoms with van der Waals surface area (Å²) < 4.78 is 15.6. The van der Waals surface area contributed by atoms with Gasteiger partial charge in [0.25, 0.3) is 0 Å². The summed E-state index contributed by atoms with van der Waals surface area (Å²) in [6, 6.07) is 3.26. The van der Waals surface area contributed by atoms with Crippen molar-refractivity contribution in [2.75, 3.05) is 26.6 Å². The summed E-state index contributed by atoms with van der Waals surface area (Å²) in [7, 11) is 4.47. The lowest BCUT2D eigenvalue weighted by molar-refractivity contribution is -0.118. The second kappa shape index (κ2) is 8.11. The SMILES string of the molecule is COc1cc(OC)c(NC(=O)[CH][C@H](C)CC(N)=O)c(OC)c1. The summed E-state index contributed by atoms with van der Waals surface area (Å²) in [4.78, 5) is 22.9. The van der Waals surface area contributed by atoms with Crippen molar-refractivity contribution in [3.63, 3.8) is 0 Å². The van der Waals surface area contributed by atoms with Crippen molar-refractivity contribution in [3.8, 4) is 17.2 Å². The van der Waals surface area contributed by atoms with E-state index in [2.05, 4.69) is 5.32 Å². The van der Waals surface area contributed by atoms with Gasteiger partial charge >= 0.3 is 0 Å². The molecule has 0 saturated carbocycles. The lowest BCUT2D eigenvalue weighted by Gasteiger charge is -2.16. The fourth-order valence-electron chi connectivity index (χ4n) is 1.93. The summed E-state index contributed by atoms with van der Waals surface area (Å²) in [5, 5.41) is 2.68. The zero-order valence-corrected chi connectivity index (χ0v) is 13.1. The zero-order valence-electron chi connectivity index (χ0n) is 13.1. The van der Waals surface area contributed by atoms with E-state index < -0.39 is 5.91 Å². The van der Waals surface area contributed by atoms with Crippen LogP contribution in [0.4, 0.5) is 5.69 Å². The van der Waals surface area contributed by atoms with E-state index in [0.717, 1.165) is 0 Å². The summed E-state index contributed by atoms with van der Waals surface area (Å²) in [5.41, 5.74) is 5.49. The third-order valence-corrected chi connectivity index (χ3v) is 2.92. The largest absolute Gasteiger partial charge is 0.496 e. The molecule has 1 radical (unpaired) electrons. The molecule has 0 aromatic heterocycles. The molecule has 1 atom stereocenters. The second-order valence-corrected chi connectivity index (χ2v) is 4.71. The van der Waals surface area contributed by atoms with Gasteiger partial charge in [0.2, 0.25) is 11.8 Å². The zero-order chi connectivity index (χ0) is 16.7. The Kier molecular flexibility index (Phi) is 6.49. The standard InChI is InChI=1S/C15H21N2O5/c1-9(5-13(16)18)6-14(19)17-15-11(21-3)7-10(20-2)8-12(15)22-4/h6-9H,5H2,1-4H3,(H2,16,18)(H,17,19)/t9-/m1/s1. The molecule has 0 aliphatic heterocycles. The summed E-state index contributed by atoms with van der Waals surface area (Å²) >= 11 is 0. The Morgan fingerprint density at radius 2 is 1.73 bits per heavy atom. The molecule has 1 aromatic carbocycles. The lowest BCUT2D eigenvalue weighted by Crippen LogP contribution is -2.21. The van der Waals surface area contributed by atoms with Crippen molar-refractivity contribution < 1.29 is 23.8 Å². The van der Waals surface area contributed by atoms with Gasteiger partial charge in [0.1, 0.15) is 22.9 Å². The average molecular weight is 309 g/mol. The number of hydrogen-bond donors (Lipinski definition) is 2. The number of nitrogens with two attached hydrogens (primary N) is 1. The molecule has 0 spiro atoms. The van der Waals surface area contributed by atoms with Gasteiger partial charge < -0.3 is 25.3 Å². The monoisotopic (exact) mass is 309 g/mol. The Morgan fingerprint density at radius 1 is 1.18 bits per heavy atom. The van der Waals surface area contributed by atoms with E-state index >= 15 is 0 Å². The van der Waals surface area contributed by atoms with Crippen LogP contribution in [0.15, 0.2) is 12.1 Å². The van der Waals surface area contributed by atoms with E-state index in [0.29, 0.717) is 22.9 Å². The van der Waals surface area contributed by atoms with Gasteiger partial charge in [-0.3, -0.25) is 9.59 Å². The number of rotatable bonds is 8. The van der Waals surface area contributed by atoms with Crippen LogP contribution in [0.25, 0.3) is 0 Å². The van der Waals surface area contributed by atoms with Crippen LogP contribution in [0.3, 0.4) is 0 Å². The van der Waals surface area contributed by atoms with Gasteiger partial charge in [-0.15, -0.1) is 0 Å². The van der Waals surface area contributed by atoms with E-state index in [1.54, 1.807) is 19.1 Å². The highest BCUT2D eigenvalue weighted by Crippen LogP contribution is 2.39. The van der Waals surface area contributed by atoms with Crippen LogP contribution >= 0.6 is 0 Å². The highest BCUT2D eigenvalue weighted by Gasteiger charge is 2.18. The number of ether oxygens (including phenoxy) is 3. The molecular formula is C15H21N2O5. The molecule has 0 aliphatic rings. The minimum absolute atomic E-state index is 0.101. The Hall–Kier alpha value is -2.44. The Labute approximate surface area is 129 Å². The highest BCUT2D eigenvalue weighted by atomic mass is 16.5. The lowest BCUT2D eigenvalue weighted by atomic mass is 10.0. The maximum Gasteiger partial charge on any atom is 0.228 e. The molecule has 22 heavy (non-hydrogen) atoms. The molecule has 0 fully saturated rings. The third-order valence-electron chi connectivity index (χ3n) is 2.92. The Balaban J connectivity index is 2.91. The smallest absolute Gasteiger partial charge is 0.228 e. The maximum absolute atomic E-state index is 12.0. The molecule has 3 N–H and O–H groups in total. The minimum Gasteiger partial charge on any atom is -0.496 e. The first-order chi connectivity index (χ1) is 10.4. The van der Waals surface area contributed by atoms with Crippen LogP contribution in [0.1, 0.15) is 13.3 Å². The molecule has 7 nitrogen and oxygen atoms in total. The summed E-state index contributed by atoms with van der Waals surface area (Å²) in [5.74, 6) is 0.234. The number of benzene rings is 1. The molecule has 0 bridgehead atoms. The number of anilines is 1. The van der Waals surface area contributed by atoms with E-state index in [1.807, 2.05) is 0 Å². The van der Waals surface area contributed by atoms with Crippen molar-refractivity contribution in [2.45, 2.75) is 13.3 Å². The third kappa shape index (κ3) is 4.83. The van der Waals surface area contributed by atoms with Crippen molar-refractivity contribution >= 4 is 17.5 Å². The molecule has 0 unspecified atom stereocenters. The van der Waals surface area contributed by atoms with Crippen LogP contribution in [-0.4, -0.2) is 33.1 Å². The topological polar surface area (TPSA) is 99.9 Å². The van der Waals surface area contributed by atoms with E-state index in [1.165, 1.54) is 27.8 Å². The molecule has 7 heteroatoms. The average Bonchev–Trinajstić information content (AvgIpc) is 2.46. The maximum atomic E-state index is 12.0. The predicted octanol–water partition coefficient (Wildman–Crippen LogP) is 1.37. The number of primary amides is 1. The number of carbonyl (C=O) groups excluding carboxylic acids is 2. The number of amides is 2. The fraction of sp³-hybridized carbons (Fsp3) is 0.400. The predicted molar refractivity (Wildman–Crippen MR) is 82.0 cm³/mol. The number of nitrogens with one attached hydrogen (secondary N) is 1. The quantitative estimate of drug-likeness (QED) is 0.755. The summed E-state index contributed by atoms with van der Waals surface area (Å²) in [6.45, 7) is 1.73. The van der Waals surface area contributed by atoms with Crippen molar-refractivity contribution in [2.24, 2.45) is 11.7 Å². The molecule has 1 aromatic rings. The van der Waals surface area contributed by atoms with Crippen molar-refractivity contribution in [3.05, 3.63) is 18.6 Å². The molecule has 1 rings (SSSR count). The van der Waals surface area contributed by atoms with Crippen LogP contribution in [0.2, 0.25) is 0 Å². The van der Waals surface area contributed by atoms with E-state index in [4.69, 9.17) is 19.9 Å².